The highest BCUT2D eigenvalue weighted by atomic mass is 79.9. The van der Waals surface area contributed by atoms with Crippen LogP contribution in [-0.2, 0) is 4.79 Å². The number of ether oxygens (including phenoxy) is 2. The number of rotatable bonds is 7. The van der Waals surface area contributed by atoms with Gasteiger partial charge in [0, 0.05) is 6.54 Å². The highest BCUT2D eigenvalue weighted by Crippen LogP contribution is 2.39. The molecule has 134 valence electrons. The van der Waals surface area contributed by atoms with Crippen molar-refractivity contribution >= 4 is 56.2 Å². The summed E-state index contributed by atoms with van der Waals surface area (Å²) < 4.78 is 12.4. The molecule has 1 saturated heterocycles. The van der Waals surface area contributed by atoms with Crippen molar-refractivity contribution in [3.05, 3.63) is 39.7 Å². The van der Waals surface area contributed by atoms with Crippen LogP contribution in [0.25, 0.3) is 6.08 Å². The number of methoxy groups -OCH3 is 1. The van der Waals surface area contributed by atoms with Crippen molar-refractivity contribution in [3.8, 4) is 11.5 Å². The lowest BCUT2D eigenvalue weighted by atomic mass is 10.1. The van der Waals surface area contributed by atoms with Gasteiger partial charge in [-0.25, -0.2) is 0 Å². The number of hydrogen-bond donors (Lipinski definition) is 0. The zero-order valence-electron chi connectivity index (χ0n) is 14.4. The van der Waals surface area contributed by atoms with Gasteiger partial charge in [0.15, 0.2) is 11.5 Å². The average molecular weight is 442 g/mol. The van der Waals surface area contributed by atoms with Crippen LogP contribution in [0.5, 0.6) is 11.5 Å². The zero-order chi connectivity index (χ0) is 18.6. The molecule has 1 aromatic rings. The molecule has 1 amide bonds. The molecule has 1 aliphatic heterocycles. The Balaban J connectivity index is 2.32. The summed E-state index contributed by atoms with van der Waals surface area (Å²) in [6.45, 7) is 8.77. The van der Waals surface area contributed by atoms with Crippen molar-refractivity contribution in [1.82, 2.24) is 4.90 Å². The SMILES string of the molecule is C=CCOc1c(Br)cc(/C=C2\SC(=S)N(CC(C)C)C2=O)cc1OC. The standard InChI is InChI=1S/C18H20BrNO3S2/c1-5-6-23-16-13(19)7-12(8-14(16)22-4)9-15-17(21)20(10-11(2)3)18(24)25-15/h5,7-9,11H,1,6,10H2,2-4H3/b15-9-. The van der Waals surface area contributed by atoms with Crippen LogP contribution in [0.4, 0.5) is 0 Å². The Labute approximate surface area is 166 Å². The number of hydrogen-bond acceptors (Lipinski definition) is 5. The highest BCUT2D eigenvalue weighted by molar-refractivity contribution is 9.10. The molecule has 1 aromatic carbocycles. The Morgan fingerprint density at radius 2 is 2.16 bits per heavy atom. The van der Waals surface area contributed by atoms with Crippen LogP contribution in [0.15, 0.2) is 34.2 Å². The van der Waals surface area contributed by atoms with Crippen LogP contribution in [0.3, 0.4) is 0 Å². The van der Waals surface area contributed by atoms with E-state index in [0.29, 0.717) is 39.8 Å². The maximum atomic E-state index is 12.6. The Hall–Kier alpha value is -1.31. The molecule has 0 bridgehead atoms. The molecule has 0 aliphatic carbocycles. The van der Waals surface area contributed by atoms with Crippen molar-refractivity contribution in [2.24, 2.45) is 5.92 Å². The maximum Gasteiger partial charge on any atom is 0.266 e. The molecule has 1 heterocycles. The minimum Gasteiger partial charge on any atom is -0.493 e. The van der Waals surface area contributed by atoms with E-state index in [1.807, 2.05) is 18.2 Å². The highest BCUT2D eigenvalue weighted by Gasteiger charge is 2.32. The molecule has 0 radical (unpaired) electrons. The van der Waals surface area contributed by atoms with E-state index in [1.54, 1.807) is 18.1 Å². The monoisotopic (exact) mass is 441 g/mol. The molecule has 0 atom stereocenters. The number of carbonyl (C=O) groups excluding carboxylic acids is 1. The van der Waals surface area contributed by atoms with Crippen LogP contribution in [-0.4, -0.2) is 35.4 Å². The number of thioether (sulfide) groups is 1. The minimum atomic E-state index is -0.0502. The molecule has 0 spiro atoms. The second-order valence-electron chi connectivity index (χ2n) is 5.82. The molecule has 0 saturated carbocycles. The summed E-state index contributed by atoms with van der Waals surface area (Å²) >= 11 is 10.2. The van der Waals surface area contributed by atoms with Gasteiger partial charge in [-0.05, 0) is 45.6 Å². The molecular formula is C18H20BrNO3S2. The fourth-order valence-corrected chi connectivity index (χ4v) is 4.13. The van der Waals surface area contributed by atoms with E-state index >= 15 is 0 Å². The van der Waals surface area contributed by atoms with Crippen LogP contribution in [0.2, 0.25) is 0 Å². The summed E-state index contributed by atoms with van der Waals surface area (Å²) in [5.41, 5.74) is 0.833. The Morgan fingerprint density at radius 1 is 1.44 bits per heavy atom. The van der Waals surface area contributed by atoms with Gasteiger partial charge in [-0.15, -0.1) is 0 Å². The second kappa shape index (κ2) is 8.87. The second-order valence-corrected chi connectivity index (χ2v) is 8.35. The van der Waals surface area contributed by atoms with Crippen molar-refractivity contribution < 1.29 is 14.3 Å². The van der Waals surface area contributed by atoms with E-state index in [2.05, 4.69) is 36.4 Å². The van der Waals surface area contributed by atoms with E-state index < -0.39 is 0 Å². The van der Waals surface area contributed by atoms with E-state index in [0.717, 1.165) is 10.0 Å². The third kappa shape index (κ3) is 4.86. The summed E-state index contributed by atoms with van der Waals surface area (Å²) in [6.07, 6.45) is 3.49. The first-order valence-corrected chi connectivity index (χ1v) is 9.75. The first kappa shape index (κ1) is 20.0. The molecule has 0 aromatic heterocycles. The van der Waals surface area contributed by atoms with Gasteiger partial charge in [-0.1, -0.05) is 50.5 Å². The maximum absolute atomic E-state index is 12.6. The van der Waals surface area contributed by atoms with Gasteiger partial charge in [-0.2, -0.15) is 0 Å². The molecule has 1 fully saturated rings. The summed E-state index contributed by atoms with van der Waals surface area (Å²) in [5.74, 6) is 1.50. The first-order chi connectivity index (χ1) is 11.9. The molecule has 25 heavy (non-hydrogen) atoms. The predicted molar refractivity (Wildman–Crippen MR) is 111 cm³/mol. The van der Waals surface area contributed by atoms with E-state index in [-0.39, 0.29) is 5.91 Å². The first-order valence-electron chi connectivity index (χ1n) is 7.74. The number of nitrogens with zero attached hydrogens (tertiary/aromatic N) is 1. The van der Waals surface area contributed by atoms with Gasteiger partial charge < -0.3 is 9.47 Å². The summed E-state index contributed by atoms with van der Waals surface area (Å²) in [7, 11) is 1.58. The topological polar surface area (TPSA) is 38.8 Å². The lowest BCUT2D eigenvalue weighted by Crippen LogP contribution is -2.31. The largest absolute Gasteiger partial charge is 0.493 e. The molecular weight excluding hydrogens is 422 g/mol. The van der Waals surface area contributed by atoms with Crippen molar-refractivity contribution in [2.45, 2.75) is 13.8 Å². The number of benzene rings is 1. The van der Waals surface area contributed by atoms with Crippen LogP contribution in [0, 0.1) is 5.92 Å². The Kier molecular flexibility index (Phi) is 7.10. The van der Waals surface area contributed by atoms with Crippen molar-refractivity contribution in [2.75, 3.05) is 20.3 Å². The normalized spacial score (nSPS) is 16.0. The summed E-state index contributed by atoms with van der Waals surface area (Å²) in [4.78, 5) is 14.8. The van der Waals surface area contributed by atoms with Gasteiger partial charge in [0.05, 0.1) is 16.5 Å². The lowest BCUT2D eigenvalue weighted by Gasteiger charge is -2.16. The number of amides is 1. The van der Waals surface area contributed by atoms with Gasteiger partial charge in [0.25, 0.3) is 5.91 Å². The quantitative estimate of drug-likeness (QED) is 0.342. The third-order valence-electron chi connectivity index (χ3n) is 3.32. The van der Waals surface area contributed by atoms with E-state index in [9.17, 15) is 4.79 Å². The summed E-state index contributed by atoms with van der Waals surface area (Å²) in [6, 6.07) is 3.72. The molecule has 1 aliphatic rings. The number of halogens is 1. The van der Waals surface area contributed by atoms with Gasteiger partial charge in [-0.3, -0.25) is 9.69 Å². The zero-order valence-corrected chi connectivity index (χ0v) is 17.6. The predicted octanol–water partition coefficient (Wildman–Crippen LogP) is 4.88. The molecule has 0 N–H and O–H groups in total. The van der Waals surface area contributed by atoms with Crippen molar-refractivity contribution in [1.29, 1.82) is 0 Å². The van der Waals surface area contributed by atoms with Crippen molar-refractivity contribution in [3.63, 3.8) is 0 Å². The fraction of sp³-hybridized carbons (Fsp3) is 0.333. The molecule has 2 rings (SSSR count). The van der Waals surface area contributed by atoms with Gasteiger partial charge in [0.1, 0.15) is 10.9 Å². The number of carbonyl (C=O) groups is 1. The fourth-order valence-electron chi connectivity index (χ4n) is 2.28. The molecule has 4 nitrogen and oxygen atoms in total. The van der Waals surface area contributed by atoms with Crippen LogP contribution < -0.4 is 9.47 Å². The lowest BCUT2D eigenvalue weighted by molar-refractivity contribution is -0.122. The van der Waals surface area contributed by atoms with Gasteiger partial charge in [0.2, 0.25) is 0 Å². The average Bonchev–Trinajstić information content (AvgIpc) is 2.80. The minimum absolute atomic E-state index is 0.0502. The molecule has 7 heteroatoms. The Bertz CT molecular complexity index is 731. The Morgan fingerprint density at radius 3 is 2.76 bits per heavy atom. The molecule has 0 unspecified atom stereocenters. The van der Waals surface area contributed by atoms with Crippen LogP contribution in [0.1, 0.15) is 19.4 Å². The van der Waals surface area contributed by atoms with Crippen LogP contribution >= 0.6 is 39.9 Å². The third-order valence-corrected chi connectivity index (χ3v) is 5.28. The summed E-state index contributed by atoms with van der Waals surface area (Å²) in [5, 5.41) is 0. The smallest absolute Gasteiger partial charge is 0.266 e. The van der Waals surface area contributed by atoms with E-state index in [4.69, 9.17) is 21.7 Å². The van der Waals surface area contributed by atoms with E-state index in [1.165, 1.54) is 11.8 Å². The van der Waals surface area contributed by atoms with Gasteiger partial charge >= 0.3 is 0 Å². The number of thiocarbonyl (C=S) groups is 1.